The molecule has 1 aromatic carbocycles. The fourth-order valence-electron chi connectivity index (χ4n) is 1.56. The Morgan fingerprint density at radius 2 is 2.06 bits per heavy atom. The van der Waals surface area contributed by atoms with E-state index >= 15 is 0 Å². The predicted molar refractivity (Wildman–Crippen MR) is 68.2 cm³/mol. The van der Waals surface area contributed by atoms with Crippen LogP contribution < -0.4 is 10.6 Å². The summed E-state index contributed by atoms with van der Waals surface area (Å²) in [6, 6.07) is 5.98. The van der Waals surface area contributed by atoms with E-state index in [4.69, 9.17) is 0 Å². The molecule has 0 unspecified atom stereocenters. The van der Waals surface area contributed by atoms with Crippen LogP contribution >= 0.6 is 12.4 Å². The summed E-state index contributed by atoms with van der Waals surface area (Å²) in [7, 11) is 0. The van der Waals surface area contributed by atoms with Crippen molar-refractivity contribution in [2.75, 3.05) is 11.9 Å². The Kier molecular flexibility index (Phi) is 4.33. The lowest BCUT2D eigenvalue weighted by molar-refractivity contribution is -0.119. The number of anilines is 1. The van der Waals surface area contributed by atoms with Gasteiger partial charge in [0.05, 0.1) is 6.04 Å². The van der Waals surface area contributed by atoms with E-state index in [0.29, 0.717) is 0 Å². The molecule has 1 saturated heterocycles. The number of carbonyl (C=O) groups excluding carboxylic acids is 1. The fourth-order valence-corrected chi connectivity index (χ4v) is 1.56. The Hall–Kier alpha value is -1.06. The number of nitrogens with one attached hydrogen (secondary N) is 2. The maximum Gasteiger partial charge on any atom is 0.241 e. The quantitative estimate of drug-likeness (QED) is 0.831. The van der Waals surface area contributed by atoms with Crippen molar-refractivity contribution in [2.24, 2.45) is 0 Å². The fraction of sp³-hybridized carbons (Fsp3) is 0.417. The van der Waals surface area contributed by atoms with Crippen molar-refractivity contribution >= 4 is 24.0 Å². The molecule has 1 amide bonds. The van der Waals surface area contributed by atoms with E-state index in [1.807, 2.05) is 25.1 Å². The highest BCUT2D eigenvalue weighted by atomic mass is 35.5. The smallest absolute Gasteiger partial charge is 0.241 e. The van der Waals surface area contributed by atoms with Gasteiger partial charge in [-0.1, -0.05) is 6.07 Å². The third-order valence-electron chi connectivity index (χ3n) is 2.91. The van der Waals surface area contributed by atoms with Crippen LogP contribution in [0.25, 0.3) is 0 Å². The minimum Gasteiger partial charge on any atom is -0.325 e. The lowest BCUT2D eigenvalue weighted by atomic mass is 10.1. The minimum atomic E-state index is 0. The van der Waals surface area contributed by atoms with Crippen LogP contribution in [0.1, 0.15) is 17.5 Å². The molecule has 1 heterocycles. The zero-order valence-corrected chi connectivity index (χ0v) is 10.4. The zero-order valence-electron chi connectivity index (χ0n) is 9.54. The Balaban J connectivity index is 0.00000128. The number of carbonyl (C=O) groups is 1. The number of rotatable bonds is 2. The lowest BCUT2D eigenvalue weighted by Crippen LogP contribution is -2.50. The monoisotopic (exact) mass is 240 g/mol. The highest BCUT2D eigenvalue weighted by molar-refractivity contribution is 5.95. The number of amides is 1. The SMILES string of the molecule is Cc1ccc(NC(=O)[C@H]2CCN2)cc1C.Cl. The molecule has 16 heavy (non-hydrogen) atoms. The van der Waals surface area contributed by atoms with Crippen LogP contribution in [0.15, 0.2) is 18.2 Å². The summed E-state index contributed by atoms with van der Waals surface area (Å²) in [6.45, 7) is 5.06. The molecule has 0 aliphatic carbocycles. The first kappa shape index (κ1) is 13.0. The minimum absolute atomic E-state index is 0. The van der Waals surface area contributed by atoms with Gasteiger partial charge in [0.2, 0.25) is 5.91 Å². The molecule has 2 N–H and O–H groups in total. The molecule has 1 atom stereocenters. The second-order valence-corrected chi connectivity index (χ2v) is 4.08. The topological polar surface area (TPSA) is 41.1 Å². The van der Waals surface area contributed by atoms with Crippen molar-refractivity contribution in [1.29, 1.82) is 0 Å². The second kappa shape index (κ2) is 5.32. The van der Waals surface area contributed by atoms with E-state index in [1.165, 1.54) is 11.1 Å². The second-order valence-electron chi connectivity index (χ2n) is 4.08. The molecule has 88 valence electrons. The molecule has 2 rings (SSSR count). The van der Waals surface area contributed by atoms with Gasteiger partial charge in [-0.15, -0.1) is 12.4 Å². The van der Waals surface area contributed by atoms with Gasteiger partial charge in [0.25, 0.3) is 0 Å². The van der Waals surface area contributed by atoms with Crippen LogP contribution in [0.3, 0.4) is 0 Å². The van der Waals surface area contributed by atoms with E-state index in [0.717, 1.165) is 18.7 Å². The van der Waals surface area contributed by atoms with Gasteiger partial charge in [-0.2, -0.15) is 0 Å². The summed E-state index contributed by atoms with van der Waals surface area (Å²) in [4.78, 5) is 11.6. The van der Waals surface area contributed by atoms with Gasteiger partial charge in [-0.25, -0.2) is 0 Å². The molecule has 0 saturated carbocycles. The maximum atomic E-state index is 11.6. The summed E-state index contributed by atoms with van der Waals surface area (Å²) in [5.74, 6) is 0.0736. The van der Waals surface area contributed by atoms with Gasteiger partial charge in [-0.3, -0.25) is 4.79 Å². The molecule has 1 fully saturated rings. The van der Waals surface area contributed by atoms with Crippen molar-refractivity contribution in [3.63, 3.8) is 0 Å². The summed E-state index contributed by atoms with van der Waals surface area (Å²) >= 11 is 0. The van der Waals surface area contributed by atoms with Gasteiger partial charge >= 0.3 is 0 Å². The van der Waals surface area contributed by atoms with E-state index in [-0.39, 0.29) is 24.4 Å². The van der Waals surface area contributed by atoms with Gasteiger partial charge in [-0.05, 0) is 50.1 Å². The molecule has 0 aromatic heterocycles. The van der Waals surface area contributed by atoms with Crippen LogP contribution in [0.5, 0.6) is 0 Å². The van der Waals surface area contributed by atoms with Crippen molar-refractivity contribution in [3.8, 4) is 0 Å². The molecule has 3 nitrogen and oxygen atoms in total. The Morgan fingerprint density at radius 1 is 1.38 bits per heavy atom. The Labute approximate surface area is 102 Å². The van der Waals surface area contributed by atoms with Crippen LogP contribution in [-0.2, 0) is 4.79 Å². The largest absolute Gasteiger partial charge is 0.325 e. The average molecular weight is 241 g/mol. The molecular formula is C12H17ClN2O. The Morgan fingerprint density at radius 3 is 2.56 bits per heavy atom. The summed E-state index contributed by atoms with van der Waals surface area (Å²) in [5, 5.41) is 5.99. The summed E-state index contributed by atoms with van der Waals surface area (Å²) < 4.78 is 0. The van der Waals surface area contributed by atoms with E-state index < -0.39 is 0 Å². The standard InChI is InChI=1S/C12H16N2O.ClH/c1-8-3-4-10(7-9(8)2)14-12(15)11-5-6-13-11;/h3-4,7,11,13H,5-6H2,1-2H3,(H,14,15);1H/t11-;/m1./s1. The first-order valence-corrected chi connectivity index (χ1v) is 5.28. The first-order chi connectivity index (χ1) is 7.16. The molecule has 1 aliphatic heterocycles. The van der Waals surface area contributed by atoms with Crippen molar-refractivity contribution in [2.45, 2.75) is 26.3 Å². The van der Waals surface area contributed by atoms with E-state index in [2.05, 4.69) is 17.6 Å². The number of hydrogen-bond acceptors (Lipinski definition) is 2. The highest BCUT2D eigenvalue weighted by Crippen LogP contribution is 2.15. The van der Waals surface area contributed by atoms with Crippen molar-refractivity contribution < 1.29 is 4.79 Å². The predicted octanol–water partition coefficient (Wildman–Crippen LogP) is 2.03. The molecule has 0 bridgehead atoms. The molecular weight excluding hydrogens is 224 g/mol. The molecule has 4 heteroatoms. The Bertz CT molecular complexity index is 389. The van der Waals surface area contributed by atoms with Gasteiger partial charge in [0.1, 0.15) is 0 Å². The maximum absolute atomic E-state index is 11.6. The third-order valence-corrected chi connectivity index (χ3v) is 2.91. The third kappa shape index (κ3) is 2.74. The molecule has 0 radical (unpaired) electrons. The summed E-state index contributed by atoms with van der Waals surface area (Å²) in [6.07, 6.45) is 0.941. The van der Waals surface area contributed by atoms with E-state index in [1.54, 1.807) is 0 Å². The van der Waals surface area contributed by atoms with Gasteiger partial charge in [0, 0.05) is 5.69 Å². The molecule has 1 aliphatic rings. The van der Waals surface area contributed by atoms with Gasteiger partial charge in [0.15, 0.2) is 0 Å². The lowest BCUT2D eigenvalue weighted by Gasteiger charge is -2.26. The zero-order chi connectivity index (χ0) is 10.8. The van der Waals surface area contributed by atoms with Gasteiger partial charge < -0.3 is 10.6 Å². The van der Waals surface area contributed by atoms with Crippen LogP contribution in [0.4, 0.5) is 5.69 Å². The molecule has 0 spiro atoms. The first-order valence-electron chi connectivity index (χ1n) is 5.28. The molecule has 1 aromatic rings. The number of benzene rings is 1. The van der Waals surface area contributed by atoms with Crippen LogP contribution in [0.2, 0.25) is 0 Å². The number of aryl methyl sites for hydroxylation is 2. The van der Waals surface area contributed by atoms with Crippen molar-refractivity contribution in [3.05, 3.63) is 29.3 Å². The average Bonchev–Trinajstić information content (AvgIpc) is 2.08. The normalized spacial score (nSPS) is 18.2. The van der Waals surface area contributed by atoms with Crippen LogP contribution in [0, 0.1) is 13.8 Å². The number of halogens is 1. The highest BCUT2D eigenvalue weighted by Gasteiger charge is 2.24. The van der Waals surface area contributed by atoms with Crippen LogP contribution in [-0.4, -0.2) is 18.5 Å². The number of hydrogen-bond donors (Lipinski definition) is 2. The summed E-state index contributed by atoms with van der Waals surface area (Å²) in [5.41, 5.74) is 3.33. The van der Waals surface area contributed by atoms with E-state index in [9.17, 15) is 4.79 Å². The van der Waals surface area contributed by atoms with Crippen molar-refractivity contribution in [1.82, 2.24) is 5.32 Å².